The topological polar surface area (TPSA) is 140 Å². The molecular weight excluding hydrogens is 196 g/mol. The molecule has 0 aromatic rings. The van der Waals surface area contributed by atoms with Gasteiger partial charge in [-0.1, -0.05) is 10.6 Å². The molecule has 14 heavy (non-hydrogen) atoms. The number of hydrogen-bond acceptors (Lipinski definition) is 9. The van der Waals surface area contributed by atoms with Crippen LogP contribution >= 0.6 is 0 Å². The van der Waals surface area contributed by atoms with Crippen molar-refractivity contribution in [3.05, 3.63) is 10.4 Å². The zero-order chi connectivity index (χ0) is 10.4. The quantitative estimate of drug-likeness (QED) is 0.131. The van der Waals surface area contributed by atoms with Crippen LogP contribution in [0.5, 0.6) is 0 Å². The molecule has 0 bridgehead atoms. The maximum atomic E-state index is 10.8. The van der Waals surface area contributed by atoms with E-state index in [2.05, 4.69) is 25.7 Å². The molecule has 0 aromatic carbocycles. The van der Waals surface area contributed by atoms with Crippen molar-refractivity contribution in [3.8, 4) is 0 Å². The Morgan fingerprint density at radius 1 is 1.79 bits per heavy atom. The Morgan fingerprint density at radius 2 is 2.57 bits per heavy atom. The molecule has 3 N–H and O–H groups in total. The first-order valence-electron chi connectivity index (χ1n) is 3.52. The second kappa shape index (κ2) is 4.94. The molecule has 0 aliphatic carbocycles. The highest BCUT2D eigenvalue weighted by atomic mass is 17.2. The molecule has 1 aliphatic rings. The standard InChI is InChI=1S/C4H8N6O4/c11-9-10(12)4(7-8-14-13)3-5-1-2-6-3/h8,11,13H,1-2H2,(H,5,6)/p-1. The Balaban J connectivity index is 2.81. The van der Waals surface area contributed by atoms with E-state index in [0.29, 0.717) is 13.1 Å². The summed E-state index contributed by atoms with van der Waals surface area (Å²) in [7, 11) is 0. The Hall–Kier alpha value is -1.94. The predicted molar refractivity (Wildman–Crippen MR) is 44.0 cm³/mol. The van der Waals surface area contributed by atoms with Crippen LogP contribution in [0.4, 0.5) is 0 Å². The summed E-state index contributed by atoms with van der Waals surface area (Å²) in [6, 6.07) is 0. The van der Waals surface area contributed by atoms with Gasteiger partial charge in [0.2, 0.25) is 5.84 Å². The lowest BCUT2D eigenvalue weighted by molar-refractivity contribution is -0.402. The van der Waals surface area contributed by atoms with Crippen molar-refractivity contribution < 1.29 is 15.1 Å². The Kier molecular flexibility index (Phi) is 3.58. The summed E-state index contributed by atoms with van der Waals surface area (Å²) in [4.78, 5) is 6.91. The fourth-order valence-electron chi connectivity index (χ4n) is 0.836. The molecule has 78 valence electrons. The summed E-state index contributed by atoms with van der Waals surface area (Å²) < 4.78 is 0. The van der Waals surface area contributed by atoms with Gasteiger partial charge in [-0.15, -0.1) is 10.1 Å². The lowest BCUT2D eigenvalue weighted by Gasteiger charge is -2.06. The van der Waals surface area contributed by atoms with Crippen molar-refractivity contribution in [1.29, 1.82) is 0 Å². The van der Waals surface area contributed by atoms with Crippen molar-refractivity contribution in [2.75, 3.05) is 13.1 Å². The van der Waals surface area contributed by atoms with Gasteiger partial charge in [0.15, 0.2) is 0 Å². The highest BCUT2D eigenvalue weighted by Crippen LogP contribution is 1.91. The van der Waals surface area contributed by atoms with Gasteiger partial charge in [0, 0.05) is 6.54 Å². The average Bonchev–Trinajstić information content (AvgIpc) is 2.71. The second-order valence-electron chi connectivity index (χ2n) is 2.13. The van der Waals surface area contributed by atoms with Gasteiger partial charge < -0.3 is 15.7 Å². The van der Waals surface area contributed by atoms with Gasteiger partial charge in [-0.25, -0.2) is 5.26 Å². The number of hydrazone groups is 1. The van der Waals surface area contributed by atoms with Gasteiger partial charge >= 0.3 is 5.84 Å². The van der Waals surface area contributed by atoms with E-state index in [1.54, 1.807) is 5.59 Å². The summed E-state index contributed by atoms with van der Waals surface area (Å²) in [5.74, 6) is -0.323. The van der Waals surface area contributed by atoms with E-state index >= 15 is 0 Å². The van der Waals surface area contributed by atoms with Crippen LogP contribution in [0.2, 0.25) is 0 Å². The SMILES string of the molecule is [O-]N=[N+]([O-])C(=NNOO)C1=NCCN1. The van der Waals surface area contributed by atoms with E-state index in [9.17, 15) is 10.4 Å². The van der Waals surface area contributed by atoms with E-state index in [1.807, 2.05) is 0 Å². The maximum Gasteiger partial charge on any atom is 0.415 e. The van der Waals surface area contributed by atoms with E-state index in [-0.39, 0.29) is 10.7 Å². The molecule has 0 radical (unpaired) electrons. The minimum atomic E-state index is -0.424. The van der Waals surface area contributed by atoms with Crippen LogP contribution in [0, 0.1) is 10.4 Å². The molecule has 0 fully saturated rings. The summed E-state index contributed by atoms with van der Waals surface area (Å²) in [5.41, 5.74) is 1.62. The van der Waals surface area contributed by atoms with Gasteiger partial charge in [0.05, 0.1) is 11.6 Å². The van der Waals surface area contributed by atoms with Crippen LogP contribution in [0.3, 0.4) is 0 Å². The summed E-state index contributed by atoms with van der Waals surface area (Å²) in [6.45, 7) is 0.988. The molecule has 1 heterocycles. The lowest BCUT2D eigenvalue weighted by Crippen LogP contribution is -2.34. The molecule has 1 aliphatic heterocycles. The number of hydroxylamine groups is 1. The third kappa shape index (κ3) is 2.27. The molecule has 0 saturated carbocycles. The Morgan fingerprint density at radius 3 is 3.07 bits per heavy atom. The predicted octanol–water partition coefficient (Wildman–Crippen LogP) is -1.24. The number of nitrogens with one attached hydrogen (secondary N) is 2. The fourth-order valence-corrected chi connectivity index (χ4v) is 0.836. The van der Waals surface area contributed by atoms with Crippen molar-refractivity contribution in [2.45, 2.75) is 0 Å². The van der Waals surface area contributed by atoms with E-state index < -0.39 is 5.84 Å². The van der Waals surface area contributed by atoms with Crippen molar-refractivity contribution in [1.82, 2.24) is 10.9 Å². The molecule has 0 saturated heterocycles. The highest BCUT2D eigenvalue weighted by molar-refractivity contribution is 6.37. The van der Waals surface area contributed by atoms with Crippen molar-refractivity contribution in [3.63, 3.8) is 0 Å². The van der Waals surface area contributed by atoms with Crippen LogP contribution in [0.15, 0.2) is 15.4 Å². The second-order valence-corrected chi connectivity index (χ2v) is 2.13. The van der Waals surface area contributed by atoms with Crippen LogP contribution in [0.1, 0.15) is 0 Å². The lowest BCUT2D eigenvalue weighted by atomic mass is 10.5. The minimum absolute atomic E-state index is 0.101. The van der Waals surface area contributed by atoms with Gasteiger partial charge in [0.25, 0.3) is 0 Å². The van der Waals surface area contributed by atoms with Gasteiger partial charge in [-0.05, 0) is 0 Å². The molecule has 0 amide bonds. The molecule has 0 spiro atoms. The number of hydrogen-bond donors (Lipinski definition) is 3. The normalized spacial score (nSPS) is 17.6. The minimum Gasteiger partial charge on any atom is -0.758 e. The Labute approximate surface area is 77.6 Å². The van der Waals surface area contributed by atoms with Crippen LogP contribution in [-0.2, 0) is 4.99 Å². The van der Waals surface area contributed by atoms with E-state index in [0.717, 1.165) is 0 Å². The zero-order valence-electron chi connectivity index (χ0n) is 6.88. The molecule has 1 rings (SSSR count). The number of nitrogens with zero attached hydrogens (tertiary/aromatic N) is 4. The van der Waals surface area contributed by atoms with Gasteiger partial charge in [0.1, 0.15) is 0 Å². The monoisotopic (exact) mass is 203 g/mol. The summed E-state index contributed by atoms with van der Waals surface area (Å²) >= 11 is 0. The maximum absolute atomic E-state index is 10.8. The Bertz CT molecular complexity index is 286. The zero-order valence-corrected chi connectivity index (χ0v) is 6.88. The molecule has 0 aromatic heterocycles. The largest absolute Gasteiger partial charge is 0.758 e. The first-order chi connectivity index (χ1) is 6.79. The number of rotatable bonds is 3. The van der Waals surface area contributed by atoms with Crippen molar-refractivity contribution >= 4 is 11.7 Å². The van der Waals surface area contributed by atoms with Gasteiger partial charge in [-0.3, -0.25) is 4.99 Å². The van der Waals surface area contributed by atoms with E-state index in [4.69, 9.17) is 5.26 Å². The average molecular weight is 203 g/mol. The van der Waals surface area contributed by atoms with Crippen LogP contribution < -0.4 is 10.9 Å². The first-order valence-corrected chi connectivity index (χ1v) is 3.52. The fraction of sp³-hybridized carbons (Fsp3) is 0.500. The first kappa shape index (κ1) is 10.1. The van der Waals surface area contributed by atoms with Crippen LogP contribution in [0.25, 0.3) is 0 Å². The molecule has 10 heteroatoms. The highest BCUT2D eigenvalue weighted by Gasteiger charge is 2.22. The third-order valence-corrected chi connectivity index (χ3v) is 1.33. The molecular formula is C4H7N6O4-. The summed E-state index contributed by atoms with van der Waals surface area (Å²) in [6.07, 6.45) is 0. The van der Waals surface area contributed by atoms with Crippen molar-refractivity contribution in [2.24, 2.45) is 15.4 Å². The van der Waals surface area contributed by atoms with Crippen LogP contribution in [-0.4, -0.2) is 34.9 Å². The molecule has 0 unspecified atom stereocenters. The number of amidine groups is 2. The third-order valence-electron chi connectivity index (χ3n) is 1.33. The molecule has 10 nitrogen and oxygen atoms in total. The summed E-state index contributed by atoms with van der Waals surface area (Å²) in [5, 5.41) is 36.6. The number of aliphatic imine (C=N–C) groups is 1. The van der Waals surface area contributed by atoms with E-state index in [1.165, 1.54) is 0 Å². The molecule has 0 atom stereocenters. The van der Waals surface area contributed by atoms with Gasteiger partial charge in [-0.2, -0.15) is 0 Å². The smallest absolute Gasteiger partial charge is 0.415 e.